The summed E-state index contributed by atoms with van der Waals surface area (Å²) in [6.07, 6.45) is 2.00. The molecule has 0 fully saturated rings. The number of rotatable bonds is 9. The van der Waals surface area contributed by atoms with Gasteiger partial charge in [0.25, 0.3) is 5.91 Å². The monoisotopic (exact) mass is 468 g/mol. The highest BCUT2D eigenvalue weighted by Crippen LogP contribution is 2.30. The van der Waals surface area contributed by atoms with Crippen molar-refractivity contribution in [3.05, 3.63) is 72.3 Å². The summed E-state index contributed by atoms with van der Waals surface area (Å²) in [5.74, 6) is 0.866. The zero-order valence-electron chi connectivity index (χ0n) is 18.0. The van der Waals surface area contributed by atoms with Gasteiger partial charge >= 0.3 is 0 Å². The first kappa shape index (κ1) is 23.6. The Bertz CT molecular complexity index is 1090. The zero-order chi connectivity index (χ0) is 22.9. The molecule has 0 aliphatic rings. The van der Waals surface area contributed by atoms with E-state index in [1.165, 1.54) is 11.8 Å². The van der Waals surface area contributed by atoms with Crippen molar-refractivity contribution in [1.82, 2.24) is 0 Å². The topological polar surface area (TPSA) is 76.7 Å². The predicted molar refractivity (Wildman–Crippen MR) is 132 cm³/mol. The first-order valence-electron chi connectivity index (χ1n) is 9.73. The fourth-order valence-corrected chi connectivity index (χ4v) is 4.17. The van der Waals surface area contributed by atoms with Crippen LogP contribution in [-0.4, -0.2) is 38.0 Å². The number of ether oxygens (including phenoxy) is 2. The lowest BCUT2D eigenvalue weighted by molar-refractivity contribution is -0.113. The number of anilines is 2. The Kier molecular flexibility index (Phi) is 8.47. The van der Waals surface area contributed by atoms with Crippen LogP contribution < -0.4 is 20.1 Å². The zero-order valence-corrected chi connectivity index (χ0v) is 19.6. The third-order valence-electron chi connectivity index (χ3n) is 4.51. The fourth-order valence-electron chi connectivity index (χ4n) is 2.91. The lowest BCUT2D eigenvalue weighted by Crippen LogP contribution is -2.16. The number of benzene rings is 3. The van der Waals surface area contributed by atoms with Gasteiger partial charge < -0.3 is 20.1 Å². The highest BCUT2D eigenvalue weighted by molar-refractivity contribution is 8.00. The molecule has 0 saturated heterocycles. The Hall–Kier alpha value is -3.10. The highest BCUT2D eigenvalue weighted by atomic mass is 32.2. The van der Waals surface area contributed by atoms with E-state index in [1.807, 2.05) is 42.7 Å². The van der Waals surface area contributed by atoms with Gasteiger partial charge in [-0.2, -0.15) is 0 Å². The number of amides is 2. The van der Waals surface area contributed by atoms with E-state index in [9.17, 15) is 9.59 Å². The quantitative estimate of drug-likeness (QED) is 0.409. The number of thioether (sulfide) groups is 2. The van der Waals surface area contributed by atoms with Crippen molar-refractivity contribution in [2.75, 3.05) is 36.9 Å². The van der Waals surface area contributed by atoms with Crippen LogP contribution in [0, 0.1) is 0 Å². The Morgan fingerprint density at radius 2 is 1.53 bits per heavy atom. The fraction of sp³-hybridized carbons (Fsp3) is 0.167. The molecule has 3 aromatic carbocycles. The van der Waals surface area contributed by atoms with Crippen molar-refractivity contribution < 1.29 is 19.1 Å². The summed E-state index contributed by atoms with van der Waals surface area (Å²) < 4.78 is 10.5. The summed E-state index contributed by atoms with van der Waals surface area (Å²) in [6, 6.07) is 20.1. The van der Waals surface area contributed by atoms with Gasteiger partial charge in [0.2, 0.25) is 5.91 Å². The van der Waals surface area contributed by atoms with E-state index < -0.39 is 0 Å². The van der Waals surface area contributed by atoms with E-state index >= 15 is 0 Å². The molecule has 0 unspecified atom stereocenters. The van der Waals surface area contributed by atoms with E-state index in [0.717, 1.165) is 15.5 Å². The van der Waals surface area contributed by atoms with Crippen LogP contribution in [0.15, 0.2) is 76.5 Å². The van der Waals surface area contributed by atoms with E-state index in [-0.39, 0.29) is 17.6 Å². The van der Waals surface area contributed by atoms with Crippen LogP contribution in [0.25, 0.3) is 0 Å². The molecule has 8 heteroatoms. The highest BCUT2D eigenvalue weighted by Gasteiger charge is 2.14. The maximum Gasteiger partial charge on any atom is 0.256 e. The standard InChI is InChI=1S/C24H24N2O4S2/c1-29-20-13-10-17(14-21(20)30-2)25-23(27)15-32-22-7-5-4-6-19(22)24(28)26-16-8-11-18(31-3)12-9-16/h4-14H,15H2,1-3H3,(H,25,27)(H,26,28). The second-order valence-corrected chi connectivity index (χ2v) is 8.48. The Morgan fingerprint density at radius 1 is 0.844 bits per heavy atom. The van der Waals surface area contributed by atoms with Crippen LogP contribution in [0.4, 0.5) is 11.4 Å². The minimum Gasteiger partial charge on any atom is -0.493 e. The Morgan fingerprint density at radius 3 is 2.22 bits per heavy atom. The first-order valence-corrected chi connectivity index (χ1v) is 11.9. The van der Waals surface area contributed by atoms with Crippen LogP contribution in [0.2, 0.25) is 0 Å². The van der Waals surface area contributed by atoms with Crippen LogP contribution in [0.1, 0.15) is 10.4 Å². The third kappa shape index (κ3) is 6.21. The van der Waals surface area contributed by atoms with Gasteiger partial charge in [0.15, 0.2) is 11.5 Å². The summed E-state index contributed by atoms with van der Waals surface area (Å²) in [7, 11) is 3.10. The van der Waals surface area contributed by atoms with E-state index in [2.05, 4.69) is 10.6 Å². The molecule has 0 saturated carbocycles. The molecule has 0 heterocycles. The average molecular weight is 469 g/mol. The molecular formula is C24H24N2O4S2. The third-order valence-corrected chi connectivity index (χ3v) is 6.32. The van der Waals surface area contributed by atoms with Gasteiger partial charge in [0.05, 0.1) is 25.5 Å². The summed E-state index contributed by atoms with van der Waals surface area (Å²) in [4.78, 5) is 27.1. The Labute approximate surface area is 196 Å². The molecule has 0 atom stereocenters. The van der Waals surface area contributed by atoms with Gasteiger partial charge in [-0.1, -0.05) is 12.1 Å². The van der Waals surface area contributed by atoms with Crippen LogP contribution in [0.3, 0.4) is 0 Å². The summed E-state index contributed by atoms with van der Waals surface area (Å²) >= 11 is 2.95. The van der Waals surface area contributed by atoms with Crippen LogP contribution >= 0.6 is 23.5 Å². The molecule has 0 aromatic heterocycles. The van der Waals surface area contributed by atoms with Gasteiger partial charge in [0.1, 0.15) is 0 Å². The SMILES string of the molecule is COc1ccc(NC(=O)CSc2ccccc2C(=O)Nc2ccc(SC)cc2)cc1OC. The van der Waals surface area contributed by atoms with Crippen LogP contribution in [-0.2, 0) is 4.79 Å². The van der Waals surface area contributed by atoms with Crippen LogP contribution in [0.5, 0.6) is 11.5 Å². The van der Waals surface area contributed by atoms with Gasteiger partial charge in [-0.3, -0.25) is 9.59 Å². The number of hydrogen-bond donors (Lipinski definition) is 2. The van der Waals surface area contributed by atoms with Gasteiger partial charge in [-0.15, -0.1) is 23.5 Å². The lowest BCUT2D eigenvalue weighted by Gasteiger charge is -2.12. The van der Waals surface area contributed by atoms with Gasteiger partial charge in [-0.05, 0) is 54.8 Å². The minimum atomic E-state index is -0.217. The summed E-state index contributed by atoms with van der Waals surface area (Å²) in [5.41, 5.74) is 1.84. The summed E-state index contributed by atoms with van der Waals surface area (Å²) in [5, 5.41) is 5.75. The smallest absolute Gasteiger partial charge is 0.256 e. The van der Waals surface area contributed by atoms with Gasteiger partial charge in [0, 0.05) is 27.2 Å². The molecule has 2 N–H and O–H groups in total. The molecule has 2 amide bonds. The number of hydrogen-bond acceptors (Lipinski definition) is 6. The average Bonchev–Trinajstić information content (AvgIpc) is 2.83. The maximum atomic E-state index is 12.8. The van der Waals surface area contributed by atoms with Crippen molar-refractivity contribution in [3.8, 4) is 11.5 Å². The molecule has 0 aliphatic heterocycles. The maximum absolute atomic E-state index is 12.8. The van der Waals surface area contributed by atoms with Crippen molar-refractivity contribution >= 4 is 46.7 Å². The van der Waals surface area contributed by atoms with Crippen molar-refractivity contribution in [3.63, 3.8) is 0 Å². The van der Waals surface area contributed by atoms with E-state index in [4.69, 9.17) is 9.47 Å². The molecule has 0 aliphatic carbocycles. The number of methoxy groups -OCH3 is 2. The van der Waals surface area contributed by atoms with E-state index in [0.29, 0.717) is 22.7 Å². The largest absolute Gasteiger partial charge is 0.493 e. The van der Waals surface area contributed by atoms with E-state index in [1.54, 1.807) is 56.3 Å². The molecule has 3 aromatic rings. The minimum absolute atomic E-state index is 0.154. The normalized spacial score (nSPS) is 10.3. The molecule has 3 rings (SSSR count). The molecule has 0 radical (unpaired) electrons. The van der Waals surface area contributed by atoms with Crippen molar-refractivity contribution in [2.45, 2.75) is 9.79 Å². The molecule has 166 valence electrons. The molecular weight excluding hydrogens is 444 g/mol. The molecule has 6 nitrogen and oxygen atoms in total. The Balaban J connectivity index is 1.63. The van der Waals surface area contributed by atoms with Crippen molar-refractivity contribution in [2.24, 2.45) is 0 Å². The summed E-state index contributed by atoms with van der Waals surface area (Å²) in [6.45, 7) is 0. The molecule has 32 heavy (non-hydrogen) atoms. The number of carbonyl (C=O) groups is 2. The van der Waals surface area contributed by atoms with Crippen molar-refractivity contribution in [1.29, 1.82) is 0 Å². The molecule has 0 bridgehead atoms. The molecule has 0 spiro atoms. The van der Waals surface area contributed by atoms with Gasteiger partial charge in [-0.25, -0.2) is 0 Å². The second-order valence-electron chi connectivity index (χ2n) is 6.59. The number of carbonyl (C=O) groups excluding carboxylic acids is 2. The lowest BCUT2D eigenvalue weighted by atomic mass is 10.2. The first-order chi connectivity index (χ1) is 15.5. The predicted octanol–water partition coefficient (Wildman–Crippen LogP) is 5.41. The number of nitrogens with one attached hydrogen (secondary N) is 2. The second kappa shape index (κ2) is 11.5.